The zero-order valence-electron chi connectivity index (χ0n) is 15.7. The van der Waals surface area contributed by atoms with E-state index in [0.717, 1.165) is 25.7 Å². The predicted octanol–water partition coefficient (Wildman–Crippen LogP) is 2.58. The monoisotopic (exact) mass is 372 g/mol. The van der Waals surface area contributed by atoms with Crippen LogP contribution in [-0.4, -0.2) is 59.1 Å². The van der Waals surface area contributed by atoms with Crippen LogP contribution in [-0.2, 0) is 4.79 Å². The summed E-state index contributed by atoms with van der Waals surface area (Å²) in [5.41, 5.74) is 0.259. The fourth-order valence-electron chi connectivity index (χ4n) is 4.08. The van der Waals surface area contributed by atoms with Crippen molar-refractivity contribution >= 4 is 23.5 Å². The van der Waals surface area contributed by atoms with E-state index in [1.165, 1.54) is 19.3 Å². The van der Waals surface area contributed by atoms with Gasteiger partial charge in [-0.15, -0.1) is 0 Å². The molecule has 2 heterocycles. The first-order chi connectivity index (χ1) is 13.1. The SMILES string of the molecule is O=C(O)c1cc(NC2CCCCC2)nc(N2CCN(C(=O)C3CC3)CC2)c1. The maximum Gasteiger partial charge on any atom is 0.335 e. The quantitative estimate of drug-likeness (QED) is 0.826. The number of pyridine rings is 1. The van der Waals surface area contributed by atoms with Gasteiger partial charge in [0.25, 0.3) is 0 Å². The molecule has 27 heavy (non-hydrogen) atoms. The van der Waals surface area contributed by atoms with E-state index in [2.05, 4.69) is 10.2 Å². The number of carbonyl (C=O) groups is 2. The Morgan fingerprint density at radius 1 is 1.00 bits per heavy atom. The van der Waals surface area contributed by atoms with Gasteiger partial charge in [0, 0.05) is 38.1 Å². The lowest BCUT2D eigenvalue weighted by molar-refractivity contribution is -0.132. The molecule has 1 aliphatic heterocycles. The molecule has 1 amide bonds. The Balaban J connectivity index is 1.46. The van der Waals surface area contributed by atoms with Crippen molar-refractivity contribution in [2.75, 3.05) is 36.4 Å². The molecule has 0 radical (unpaired) electrons. The van der Waals surface area contributed by atoms with Crippen molar-refractivity contribution < 1.29 is 14.7 Å². The van der Waals surface area contributed by atoms with Gasteiger partial charge < -0.3 is 20.2 Å². The Kier molecular flexibility index (Phi) is 5.18. The fourth-order valence-corrected chi connectivity index (χ4v) is 4.08. The van der Waals surface area contributed by atoms with Crippen molar-refractivity contribution in [1.29, 1.82) is 0 Å². The second-order valence-electron chi connectivity index (χ2n) is 7.97. The Morgan fingerprint density at radius 2 is 1.70 bits per heavy atom. The summed E-state index contributed by atoms with van der Waals surface area (Å²) in [6.07, 6.45) is 7.96. The van der Waals surface area contributed by atoms with Crippen molar-refractivity contribution in [2.24, 2.45) is 5.92 Å². The summed E-state index contributed by atoms with van der Waals surface area (Å²) < 4.78 is 0. The number of nitrogens with one attached hydrogen (secondary N) is 1. The molecule has 0 spiro atoms. The maximum absolute atomic E-state index is 12.2. The van der Waals surface area contributed by atoms with Gasteiger partial charge in [-0.1, -0.05) is 19.3 Å². The summed E-state index contributed by atoms with van der Waals surface area (Å²) in [5.74, 6) is 0.922. The number of nitrogens with zero attached hydrogens (tertiary/aromatic N) is 3. The molecule has 1 aromatic rings. The van der Waals surface area contributed by atoms with Gasteiger partial charge in [-0.3, -0.25) is 4.79 Å². The first kappa shape index (κ1) is 18.1. The van der Waals surface area contributed by atoms with Crippen molar-refractivity contribution in [1.82, 2.24) is 9.88 Å². The van der Waals surface area contributed by atoms with Gasteiger partial charge in [-0.25, -0.2) is 9.78 Å². The first-order valence-corrected chi connectivity index (χ1v) is 10.2. The fraction of sp³-hybridized carbons (Fsp3) is 0.650. The van der Waals surface area contributed by atoms with Gasteiger partial charge in [0.15, 0.2) is 0 Å². The molecule has 146 valence electrons. The molecule has 7 nitrogen and oxygen atoms in total. The molecule has 4 rings (SSSR count). The van der Waals surface area contributed by atoms with Gasteiger partial charge in [0.1, 0.15) is 11.6 Å². The Morgan fingerprint density at radius 3 is 2.33 bits per heavy atom. The largest absolute Gasteiger partial charge is 0.478 e. The smallest absolute Gasteiger partial charge is 0.335 e. The van der Waals surface area contributed by atoms with E-state index in [9.17, 15) is 14.7 Å². The maximum atomic E-state index is 12.2. The number of hydrogen-bond acceptors (Lipinski definition) is 5. The van der Waals surface area contributed by atoms with Crippen molar-refractivity contribution in [3.05, 3.63) is 17.7 Å². The van der Waals surface area contributed by atoms with E-state index in [0.29, 0.717) is 43.9 Å². The van der Waals surface area contributed by atoms with Crippen molar-refractivity contribution in [3.63, 3.8) is 0 Å². The third kappa shape index (κ3) is 4.34. The number of piperazine rings is 1. The minimum absolute atomic E-state index is 0.247. The average Bonchev–Trinajstić information content (AvgIpc) is 3.53. The number of carboxylic acids is 1. The molecule has 2 N–H and O–H groups in total. The molecule has 1 saturated heterocycles. The molecule has 0 aromatic carbocycles. The second-order valence-corrected chi connectivity index (χ2v) is 7.97. The number of carbonyl (C=O) groups excluding carboxylic acids is 1. The number of hydrogen-bond donors (Lipinski definition) is 2. The number of aromatic carboxylic acids is 1. The van der Waals surface area contributed by atoms with E-state index >= 15 is 0 Å². The van der Waals surface area contributed by atoms with Crippen molar-refractivity contribution in [2.45, 2.75) is 51.0 Å². The van der Waals surface area contributed by atoms with Crippen LogP contribution in [0.3, 0.4) is 0 Å². The van der Waals surface area contributed by atoms with Crippen LogP contribution in [0, 0.1) is 5.92 Å². The number of carboxylic acid groups (broad SMARTS) is 1. The highest BCUT2D eigenvalue weighted by Crippen LogP contribution is 2.31. The molecule has 2 saturated carbocycles. The lowest BCUT2D eigenvalue weighted by Crippen LogP contribution is -2.49. The lowest BCUT2D eigenvalue weighted by atomic mass is 9.95. The summed E-state index contributed by atoms with van der Waals surface area (Å²) >= 11 is 0. The average molecular weight is 372 g/mol. The van der Waals surface area contributed by atoms with Gasteiger partial charge in [-0.2, -0.15) is 0 Å². The van der Waals surface area contributed by atoms with Crippen LogP contribution in [0.15, 0.2) is 12.1 Å². The highest BCUT2D eigenvalue weighted by Gasteiger charge is 2.34. The molecule has 3 fully saturated rings. The summed E-state index contributed by atoms with van der Waals surface area (Å²) in [5, 5.41) is 12.9. The molecule has 2 aliphatic carbocycles. The Hall–Kier alpha value is -2.31. The third-order valence-corrected chi connectivity index (χ3v) is 5.86. The molecule has 3 aliphatic rings. The number of aromatic nitrogens is 1. The van der Waals surface area contributed by atoms with Crippen LogP contribution >= 0.6 is 0 Å². The minimum atomic E-state index is -0.937. The zero-order valence-corrected chi connectivity index (χ0v) is 15.7. The van der Waals surface area contributed by atoms with Gasteiger partial charge in [0.2, 0.25) is 5.91 Å². The van der Waals surface area contributed by atoms with Gasteiger partial charge in [0.05, 0.1) is 5.56 Å². The van der Waals surface area contributed by atoms with Gasteiger partial charge in [-0.05, 0) is 37.8 Å². The van der Waals surface area contributed by atoms with E-state index < -0.39 is 5.97 Å². The molecular formula is C20H28N4O3. The predicted molar refractivity (Wildman–Crippen MR) is 103 cm³/mol. The summed E-state index contributed by atoms with van der Waals surface area (Å²) in [7, 11) is 0. The van der Waals surface area contributed by atoms with E-state index in [-0.39, 0.29) is 17.4 Å². The number of amides is 1. The van der Waals surface area contributed by atoms with E-state index in [4.69, 9.17) is 4.98 Å². The van der Waals surface area contributed by atoms with Crippen molar-refractivity contribution in [3.8, 4) is 0 Å². The highest BCUT2D eigenvalue weighted by molar-refractivity contribution is 5.89. The van der Waals surface area contributed by atoms with Crippen LogP contribution in [0.1, 0.15) is 55.3 Å². The standard InChI is InChI=1S/C20H28N4O3/c25-19(14-6-7-14)24-10-8-23(9-11-24)18-13-15(20(26)27)12-17(22-18)21-16-4-2-1-3-5-16/h12-14,16H,1-11H2,(H,21,22)(H,26,27). The summed E-state index contributed by atoms with van der Waals surface area (Å²) in [6, 6.07) is 3.65. The Bertz CT molecular complexity index is 705. The van der Waals surface area contributed by atoms with Crippen LogP contribution < -0.4 is 10.2 Å². The summed E-state index contributed by atoms with van der Waals surface area (Å²) in [4.78, 5) is 32.5. The minimum Gasteiger partial charge on any atom is -0.478 e. The van der Waals surface area contributed by atoms with Crippen LogP contribution in [0.2, 0.25) is 0 Å². The number of rotatable bonds is 5. The normalized spacial score (nSPS) is 21.2. The zero-order chi connectivity index (χ0) is 18.8. The number of anilines is 2. The van der Waals surface area contributed by atoms with E-state index in [1.54, 1.807) is 12.1 Å². The van der Waals surface area contributed by atoms with Crippen LogP contribution in [0.5, 0.6) is 0 Å². The van der Waals surface area contributed by atoms with Crippen LogP contribution in [0.25, 0.3) is 0 Å². The lowest BCUT2D eigenvalue weighted by Gasteiger charge is -2.36. The van der Waals surface area contributed by atoms with Crippen LogP contribution in [0.4, 0.5) is 11.6 Å². The first-order valence-electron chi connectivity index (χ1n) is 10.2. The molecule has 0 atom stereocenters. The molecule has 7 heteroatoms. The highest BCUT2D eigenvalue weighted by atomic mass is 16.4. The second kappa shape index (κ2) is 7.74. The molecule has 1 aromatic heterocycles. The molecule has 0 bridgehead atoms. The summed E-state index contributed by atoms with van der Waals surface area (Å²) in [6.45, 7) is 2.74. The van der Waals surface area contributed by atoms with Gasteiger partial charge >= 0.3 is 5.97 Å². The topological polar surface area (TPSA) is 85.8 Å². The Labute approximate surface area is 159 Å². The van der Waals surface area contributed by atoms with E-state index in [1.807, 2.05) is 4.90 Å². The molecule has 0 unspecified atom stereocenters. The third-order valence-electron chi connectivity index (χ3n) is 5.86. The molecular weight excluding hydrogens is 344 g/mol.